The van der Waals surface area contributed by atoms with E-state index in [4.69, 9.17) is 9.52 Å². The van der Waals surface area contributed by atoms with Gasteiger partial charge in [-0.15, -0.1) is 0 Å². The lowest BCUT2D eigenvalue weighted by atomic mass is 10.1. The second kappa shape index (κ2) is 6.56. The minimum Gasteiger partial charge on any atom is -0.475 e. The third-order valence-corrected chi connectivity index (χ3v) is 3.61. The minimum absolute atomic E-state index is 0.0354. The summed E-state index contributed by atoms with van der Waals surface area (Å²) in [5, 5.41) is 11.5. The van der Waals surface area contributed by atoms with Crippen LogP contribution < -0.4 is 5.32 Å². The van der Waals surface area contributed by atoms with E-state index in [0.717, 1.165) is 13.1 Å². The highest BCUT2D eigenvalue weighted by Crippen LogP contribution is 2.12. The summed E-state index contributed by atoms with van der Waals surface area (Å²) in [5.41, 5.74) is 0. The number of aromatic carboxylic acids is 1. The lowest BCUT2D eigenvalue weighted by Crippen LogP contribution is -2.44. The van der Waals surface area contributed by atoms with E-state index in [1.54, 1.807) is 0 Å². The van der Waals surface area contributed by atoms with Gasteiger partial charge in [-0.05, 0) is 45.0 Å². The predicted octanol–water partition coefficient (Wildman–Crippen LogP) is 1.58. The molecule has 2 heterocycles. The monoisotopic (exact) mass is 280 g/mol. The number of carboxylic acids is 1. The molecule has 6 heteroatoms. The summed E-state index contributed by atoms with van der Waals surface area (Å²) < 4.78 is 4.96. The summed E-state index contributed by atoms with van der Waals surface area (Å²) in [6, 6.07) is 2.93. The van der Waals surface area contributed by atoms with Crippen LogP contribution in [0.2, 0.25) is 0 Å². The molecule has 1 aromatic rings. The molecular weight excluding hydrogens is 260 g/mol. The van der Waals surface area contributed by atoms with E-state index >= 15 is 0 Å². The zero-order valence-corrected chi connectivity index (χ0v) is 11.6. The van der Waals surface area contributed by atoms with E-state index in [-0.39, 0.29) is 23.5 Å². The Kier molecular flexibility index (Phi) is 4.79. The highest BCUT2D eigenvalue weighted by molar-refractivity contribution is 5.93. The summed E-state index contributed by atoms with van der Waals surface area (Å²) in [5.74, 6) is -1.74. The summed E-state index contributed by atoms with van der Waals surface area (Å²) in [4.78, 5) is 24.9. The van der Waals surface area contributed by atoms with Gasteiger partial charge in [-0.1, -0.05) is 6.42 Å². The lowest BCUT2D eigenvalue weighted by molar-refractivity contribution is 0.0659. The molecular formula is C14H20N2O4. The first-order valence-corrected chi connectivity index (χ1v) is 6.93. The molecule has 0 aliphatic carbocycles. The molecule has 1 saturated heterocycles. The van der Waals surface area contributed by atoms with Gasteiger partial charge < -0.3 is 14.8 Å². The van der Waals surface area contributed by atoms with Gasteiger partial charge in [0.15, 0.2) is 5.76 Å². The molecule has 1 amide bonds. The average Bonchev–Trinajstić information content (AvgIpc) is 2.95. The number of carbonyl (C=O) groups is 2. The van der Waals surface area contributed by atoms with Gasteiger partial charge in [-0.25, -0.2) is 4.79 Å². The van der Waals surface area contributed by atoms with Crippen molar-refractivity contribution in [2.75, 3.05) is 19.6 Å². The Bertz CT molecular complexity index is 477. The largest absolute Gasteiger partial charge is 0.475 e. The standard InChI is InChI=1S/C14H20N2O4/c1-10(16-7-3-2-4-8-16)9-15-13(17)11-5-6-12(20-11)14(18)19/h5-6,10H,2-4,7-9H2,1H3,(H,15,17)(H,18,19). The molecule has 1 atom stereocenters. The molecule has 2 N–H and O–H groups in total. The minimum atomic E-state index is -1.18. The van der Waals surface area contributed by atoms with Gasteiger partial charge in [0.1, 0.15) is 0 Å². The summed E-state index contributed by atoms with van der Waals surface area (Å²) in [6.45, 7) is 4.75. The molecule has 0 saturated carbocycles. The maximum absolute atomic E-state index is 11.9. The Labute approximate surface area is 117 Å². The molecule has 0 spiro atoms. The zero-order valence-electron chi connectivity index (χ0n) is 11.6. The van der Waals surface area contributed by atoms with E-state index in [1.807, 2.05) is 0 Å². The fourth-order valence-electron chi connectivity index (χ4n) is 2.39. The highest BCUT2D eigenvalue weighted by atomic mass is 16.4. The molecule has 110 valence electrons. The predicted molar refractivity (Wildman–Crippen MR) is 72.9 cm³/mol. The second-order valence-corrected chi connectivity index (χ2v) is 5.12. The van der Waals surface area contributed by atoms with Crippen LogP contribution in [0.25, 0.3) is 0 Å². The van der Waals surface area contributed by atoms with Gasteiger partial charge in [-0.3, -0.25) is 9.69 Å². The van der Waals surface area contributed by atoms with Crippen LogP contribution in [-0.2, 0) is 0 Å². The van der Waals surface area contributed by atoms with Crippen molar-refractivity contribution < 1.29 is 19.1 Å². The number of nitrogens with one attached hydrogen (secondary N) is 1. The highest BCUT2D eigenvalue weighted by Gasteiger charge is 2.19. The molecule has 1 unspecified atom stereocenters. The van der Waals surface area contributed by atoms with Crippen molar-refractivity contribution >= 4 is 11.9 Å². The summed E-state index contributed by atoms with van der Waals surface area (Å²) >= 11 is 0. The zero-order chi connectivity index (χ0) is 14.5. The first-order valence-electron chi connectivity index (χ1n) is 6.93. The van der Waals surface area contributed by atoms with Crippen LogP contribution >= 0.6 is 0 Å². The lowest BCUT2D eigenvalue weighted by Gasteiger charge is -2.32. The van der Waals surface area contributed by atoms with E-state index in [1.165, 1.54) is 31.4 Å². The number of piperidine rings is 1. The molecule has 1 fully saturated rings. The molecule has 20 heavy (non-hydrogen) atoms. The number of amides is 1. The van der Waals surface area contributed by atoms with E-state index in [2.05, 4.69) is 17.1 Å². The quantitative estimate of drug-likeness (QED) is 0.855. The SMILES string of the molecule is CC(CNC(=O)c1ccc(C(=O)O)o1)N1CCCCC1. The second-order valence-electron chi connectivity index (χ2n) is 5.12. The maximum atomic E-state index is 11.9. The van der Waals surface area contributed by atoms with Crippen molar-refractivity contribution in [3.8, 4) is 0 Å². The molecule has 1 aromatic heterocycles. The van der Waals surface area contributed by atoms with Crippen molar-refractivity contribution in [1.82, 2.24) is 10.2 Å². The van der Waals surface area contributed by atoms with Gasteiger partial charge in [0.2, 0.25) is 5.76 Å². The molecule has 0 radical (unpaired) electrons. The topological polar surface area (TPSA) is 82.8 Å². The number of hydrogen-bond acceptors (Lipinski definition) is 4. The Morgan fingerprint density at radius 3 is 2.55 bits per heavy atom. The number of hydrogen-bond donors (Lipinski definition) is 2. The van der Waals surface area contributed by atoms with E-state index < -0.39 is 5.97 Å². The van der Waals surface area contributed by atoms with Gasteiger partial charge in [-0.2, -0.15) is 0 Å². The third-order valence-electron chi connectivity index (χ3n) is 3.61. The van der Waals surface area contributed by atoms with Crippen molar-refractivity contribution in [3.05, 3.63) is 23.7 Å². The molecule has 2 rings (SSSR count). The number of carboxylic acid groups (broad SMARTS) is 1. The molecule has 1 aliphatic rings. The van der Waals surface area contributed by atoms with Crippen LogP contribution in [0, 0.1) is 0 Å². The smallest absolute Gasteiger partial charge is 0.371 e. The molecule has 0 bridgehead atoms. The van der Waals surface area contributed by atoms with Crippen molar-refractivity contribution in [3.63, 3.8) is 0 Å². The Hall–Kier alpha value is -1.82. The van der Waals surface area contributed by atoms with Gasteiger partial charge in [0.05, 0.1) is 0 Å². The maximum Gasteiger partial charge on any atom is 0.371 e. The normalized spacial score (nSPS) is 17.6. The molecule has 0 aromatic carbocycles. The van der Waals surface area contributed by atoms with Crippen molar-refractivity contribution in [2.45, 2.75) is 32.2 Å². The van der Waals surface area contributed by atoms with Crippen LogP contribution in [0.1, 0.15) is 47.3 Å². The third kappa shape index (κ3) is 3.60. The Morgan fingerprint density at radius 1 is 1.30 bits per heavy atom. The van der Waals surface area contributed by atoms with Crippen LogP contribution in [0.4, 0.5) is 0 Å². The van der Waals surface area contributed by atoms with Gasteiger partial charge in [0, 0.05) is 12.6 Å². The first-order chi connectivity index (χ1) is 9.58. The van der Waals surface area contributed by atoms with Gasteiger partial charge in [0.25, 0.3) is 5.91 Å². The van der Waals surface area contributed by atoms with Crippen molar-refractivity contribution in [2.24, 2.45) is 0 Å². The Balaban J connectivity index is 1.83. The fourth-order valence-corrected chi connectivity index (χ4v) is 2.39. The van der Waals surface area contributed by atoms with E-state index in [0.29, 0.717) is 6.54 Å². The molecule has 6 nitrogen and oxygen atoms in total. The van der Waals surface area contributed by atoms with Crippen LogP contribution in [-0.4, -0.2) is 47.6 Å². The number of nitrogens with zero attached hydrogens (tertiary/aromatic N) is 1. The van der Waals surface area contributed by atoms with Gasteiger partial charge >= 0.3 is 5.97 Å². The van der Waals surface area contributed by atoms with Crippen LogP contribution in [0.5, 0.6) is 0 Å². The van der Waals surface area contributed by atoms with E-state index in [9.17, 15) is 9.59 Å². The molecule has 1 aliphatic heterocycles. The number of carbonyl (C=O) groups excluding carboxylic acids is 1. The average molecular weight is 280 g/mol. The first kappa shape index (κ1) is 14.6. The number of likely N-dealkylation sites (tertiary alicyclic amines) is 1. The van der Waals surface area contributed by atoms with Crippen molar-refractivity contribution in [1.29, 1.82) is 0 Å². The Morgan fingerprint density at radius 2 is 1.95 bits per heavy atom. The number of rotatable bonds is 5. The number of furan rings is 1. The van der Waals surface area contributed by atoms with Crippen LogP contribution in [0.3, 0.4) is 0 Å². The summed E-state index contributed by atoms with van der Waals surface area (Å²) in [7, 11) is 0. The van der Waals surface area contributed by atoms with Crippen LogP contribution in [0.15, 0.2) is 16.5 Å². The fraction of sp³-hybridized carbons (Fsp3) is 0.571. The summed E-state index contributed by atoms with van der Waals surface area (Å²) in [6.07, 6.45) is 3.69.